The maximum atomic E-state index is 5.50. The third kappa shape index (κ3) is 3.09. The van der Waals surface area contributed by atoms with Gasteiger partial charge in [0.05, 0.1) is 0 Å². The lowest BCUT2D eigenvalue weighted by Gasteiger charge is -2.10. The van der Waals surface area contributed by atoms with Crippen molar-refractivity contribution in [3.8, 4) is 0 Å². The zero-order valence-electron chi connectivity index (χ0n) is 7.68. The number of hydrogen-bond acceptors (Lipinski definition) is 4. The number of amidine groups is 2. The lowest BCUT2D eigenvalue weighted by molar-refractivity contribution is 1.10. The average molecular weight is 166 g/mol. The summed E-state index contributed by atoms with van der Waals surface area (Å²) >= 11 is 0. The molecule has 0 aromatic rings. The first-order valence-corrected chi connectivity index (χ1v) is 3.61. The predicted molar refractivity (Wildman–Crippen MR) is 53.0 cm³/mol. The van der Waals surface area contributed by atoms with Gasteiger partial charge in [-0.25, -0.2) is 9.98 Å². The van der Waals surface area contributed by atoms with Crippen molar-refractivity contribution in [2.24, 2.45) is 9.98 Å². The van der Waals surface area contributed by atoms with Crippen LogP contribution in [0.25, 0.3) is 0 Å². The van der Waals surface area contributed by atoms with Crippen molar-refractivity contribution in [3.05, 3.63) is 11.9 Å². The van der Waals surface area contributed by atoms with Crippen LogP contribution in [0.5, 0.6) is 0 Å². The SMILES string of the molecule is C=N.CC=C1N=C(C)NC(C)=N1. The van der Waals surface area contributed by atoms with Crippen molar-refractivity contribution in [2.45, 2.75) is 20.8 Å². The molecule has 1 aliphatic rings. The van der Waals surface area contributed by atoms with Gasteiger partial charge >= 0.3 is 0 Å². The summed E-state index contributed by atoms with van der Waals surface area (Å²) < 4.78 is 0. The molecule has 4 heteroatoms. The maximum Gasteiger partial charge on any atom is 0.151 e. The van der Waals surface area contributed by atoms with Crippen molar-refractivity contribution in [1.29, 1.82) is 5.41 Å². The van der Waals surface area contributed by atoms with Crippen LogP contribution >= 0.6 is 0 Å². The molecule has 0 atom stereocenters. The molecule has 0 amide bonds. The minimum atomic E-state index is 0.786. The Morgan fingerprint density at radius 1 is 1.25 bits per heavy atom. The second-order valence-electron chi connectivity index (χ2n) is 2.17. The Kier molecular flexibility index (Phi) is 4.60. The normalized spacial score (nSPS) is 14.8. The van der Waals surface area contributed by atoms with Crippen LogP contribution in [0.4, 0.5) is 0 Å². The minimum Gasteiger partial charge on any atom is -0.332 e. The Morgan fingerprint density at radius 3 is 2.00 bits per heavy atom. The first-order valence-electron chi connectivity index (χ1n) is 3.61. The van der Waals surface area contributed by atoms with Crippen LogP contribution in [0.15, 0.2) is 21.9 Å². The molecule has 0 aliphatic carbocycles. The third-order valence-corrected chi connectivity index (χ3v) is 1.18. The predicted octanol–water partition coefficient (Wildman–Crippen LogP) is 1.55. The molecule has 0 aromatic carbocycles. The number of hydrogen-bond donors (Lipinski definition) is 2. The molecule has 1 aliphatic heterocycles. The van der Waals surface area contributed by atoms with E-state index in [-0.39, 0.29) is 0 Å². The van der Waals surface area contributed by atoms with Gasteiger partial charge in [0.2, 0.25) is 0 Å². The zero-order valence-corrected chi connectivity index (χ0v) is 7.68. The van der Waals surface area contributed by atoms with E-state index in [9.17, 15) is 0 Å². The molecule has 0 bridgehead atoms. The molecule has 0 fully saturated rings. The molecule has 0 spiro atoms. The van der Waals surface area contributed by atoms with Gasteiger partial charge in [-0.2, -0.15) is 0 Å². The molecule has 2 N–H and O–H groups in total. The third-order valence-electron chi connectivity index (χ3n) is 1.18. The van der Waals surface area contributed by atoms with E-state index in [0.29, 0.717) is 0 Å². The number of nitrogens with zero attached hydrogens (tertiary/aromatic N) is 2. The largest absolute Gasteiger partial charge is 0.332 e. The highest BCUT2D eigenvalue weighted by Crippen LogP contribution is 2.02. The summed E-state index contributed by atoms with van der Waals surface area (Å²) in [7, 11) is 0. The van der Waals surface area contributed by atoms with Gasteiger partial charge in [-0.15, -0.1) is 0 Å². The number of nitrogens with one attached hydrogen (secondary N) is 2. The molecule has 0 aromatic heterocycles. The topological polar surface area (TPSA) is 60.6 Å². The van der Waals surface area contributed by atoms with Crippen LogP contribution in [0.1, 0.15) is 20.8 Å². The average Bonchev–Trinajstić information content (AvgIpc) is 2.06. The number of allylic oxidation sites excluding steroid dienone is 1. The monoisotopic (exact) mass is 166 g/mol. The molecule has 0 saturated carbocycles. The lowest BCUT2D eigenvalue weighted by Crippen LogP contribution is -2.28. The summed E-state index contributed by atoms with van der Waals surface area (Å²) in [5, 5.41) is 8.50. The van der Waals surface area contributed by atoms with Crippen molar-refractivity contribution < 1.29 is 0 Å². The Hall–Kier alpha value is -1.45. The Bertz CT molecular complexity index is 217. The fourth-order valence-corrected chi connectivity index (χ4v) is 0.815. The van der Waals surface area contributed by atoms with Gasteiger partial charge in [0.25, 0.3) is 0 Å². The van der Waals surface area contributed by atoms with E-state index in [0.717, 1.165) is 17.5 Å². The van der Waals surface area contributed by atoms with E-state index in [1.54, 1.807) is 0 Å². The Labute approximate surface area is 72.6 Å². The fourth-order valence-electron chi connectivity index (χ4n) is 0.815. The maximum absolute atomic E-state index is 5.50. The molecule has 0 saturated heterocycles. The molecule has 1 heterocycles. The van der Waals surface area contributed by atoms with Gasteiger partial charge in [0.15, 0.2) is 5.82 Å². The summed E-state index contributed by atoms with van der Waals surface area (Å²) in [5.41, 5.74) is 0. The second-order valence-corrected chi connectivity index (χ2v) is 2.17. The van der Waals surface area contributed by atoms with E-state index >= 15 is 0 Å². The summed E-state index contributed by atoms with van der Waals surface area (Å²) in [6.07, 6.45) is 1.88. The van der Waals surface area contributed by atoms with E-state index in [1.807, 2.05) is 26.8 Å². The fraction of sp³-hybridized carbons (Fsp3) is 0.375. The zero-order chi connectivity index (χ0) is 9.56. The smallest absolute Gasteiger partial charge is 0.151 e. The van der Waals surface area contributed by atoms with Crippen LogP contribution in [-0.2, 0) is 0 Å². The molecule has 0 unspecified atom stereocenters. The van der Waals surface area contributed by atoms with Gasteiger partial charge in [0, 0.05) is 0 Å². The number of rotatable bonds is 0. The molecular formula is C8H14N4. The number of aliphatic imine (C=N–C) groups is 2. The van der Waals surface area contributed by atoms with Gasteiger partial charge in [-0.3, -0.25) is 0 Å². The first kappa shape index (κ1) is 10.6. The van der Waals surface area contributed by atoms with Crippen molar-refractivity contribution >= 4 is 18.4 Å². The highest BCUT2D eigenvalue weighted by molar-refractivity contribution is 6.00. The second kappa shape index (κ2) is 5.23. The van der Waals surface area contributed by atoms with Gasteiger partial charge in [-0.05, 0) is 33.6 Å². The standard InChI is InChI=1S/C7H11N3.CH3N/c1-4-7-9-5(2)8-6(3)10-7;1-2/h4H,1-3H3,(H,8,9,10);2H,1H2. The summed E-state index contributed by atoms with van der Waals surface area (Å²) in [5.74, 6) is 2.59. The van der Waals surface area contributed by atoms with Crippen molar-refractivity contribution in [3.63, 3.8) is 0 Å². The van der Waals surface area contributed by atoms with Crippen LogP contribution < -0.4 is 5.32 Å². The molecule has 4 nitrogen and oxygen atoms in total. The van der Waals surface area contributed by atoms with Gasteiger partial charge < -0.3 is 10.7 Å². The van der Waals surface area contributed by atoms with Crippen molar-refractivity contribution in [2.75, 3.05) is 0 Å². The quantitative estimate of drug-likeness (QED) is 0.527. The van der Waals surface area contributed by atoms with Crippen LogP contribution in [0.2, 0.25) is 0 Å². The van der Waals surface area contributed by atoms with Crippen LogP contribution in [0.3, 0.4) is 0 Å². The molecular weight excluding hydrogens is 152 g/mol. The summed E-state index contributed by atoms with van der Waals surface area (Å²) in [6.45, 7) is 8.26. The van der Waals surface area contributed by atoms with E-state index < -0.39 is 0 Å². The van der Waals surface area contributed by atoms with E-state index in [4.69, 9.17) is 5.41 Å². The van der Waals surface area contributed by atoms with Crippen molar-refractivity contribution in [1.82, 2.24) is 5.32 Å². The Balaban J connectivity index is 0.000000561. The Morgan fingerprint density at radius 2 is 1.67 bits per heavy atom. The van der Waals surface area contributed by atoms with Crippen LogP contribution in [-0.4, -0.2) is 18.4 Å². The first-order chi connectivity index (χ1) is 5.72. The van der Waals surface area contributed by atoms with Gasteiger partial charge in [-0.1, -0.05) is 0 Å². The highest BCUT2D eigenvalue weighted by Gasteiger charge is 2.01. The van der Waals surface area contributed by atoms with Gasteiger partial charge in [0.1, 0.15) is 11.7 Å². The lowest BCUT2D eigenvalue weighted by atomic mass is 10.5. The molecule has 1 rings (SSSR count). The molecule has 0 radical (unpaired) electrons. The highest BCUT2D eigenvalue weighted by atomic mass is 15.2. The minimum absolute atomic E-state index is 0.786. The van der Waals surface area contributed by atoms with E-state index in [1.165, 1.54) is 0 Å². The van der Waals surface area contributed by atoms with Crippen LogP contribution in [0, 0.1) is 5.41 Å². The molecule has 66 valence electrons. The molecule has 12 heavy (non-hydrogen) atoms. The summed E-state index contributed by atoms with van der Waals surface area (Å²) in [4.78, 5) is 8.26. The summed E-state index contributed by atoms with van der Waals surface area (Å²) in [6, 6.07) is 0. The van der Waals surface area contributed by atoms with E-state index in [2.05, 4.69) is 22.0 Å².